The molecule has 5 N–H and O–H groups in total. The van der Waals surface area contributed by atoms with Gasteiger partial charge in [-0.15, -0.1) is 10.2 Å². The summed E-state index contributed by atoms with van der Waals surface area (Å²) in [7, 11) is 1.62. The highest BCUT2D eigenvalue weighted by molar-refractivity contribution is 7.21. The third-order valence-corrected chi connectivity index (χ3v) is 3.52. The lowest BCUT2D eigenvalue weighted by molar-refractivity contribution is 0.415. The number of benzene rings is 1. The molecule has 0 atom stereocenters. The van der Waals surface area contributed by atoms with Crippen LogP contribution in [0.3, 0.4) is 0 Å². The summed E-state index contributed by atoms with van der Waals surface area (Å²) in [6.07, 6.45) is 0. The topological polar surface area (TPSA) is 128 Å². The van der Waals surface area contributed by atoms with Gasteiger partial charge in [0.15, 0.2) is 11.5 Å². The van der Waals surface area contributed by atoms with E-state index in [-0.39, 0.29) is 11.6 Å². The third kappa shape index (κ3) is 2.14. The normalized spacial score (nSPS) is 11.4. The Balaban J connectivity index is 1.95. The Morgan fingerprint density at radius 2 is 2.15 bits per heavy atom. The Kier molecular flexibility index (Phi) is 2.95. The van der Waals surface area contributed by atoms with Crippen molar-refractivity contribution in [3.63, 3.8) is 0 Å². The molecule has 102 valence electrons. The lowest BCUT2D eigenvalue weighted by atomic mass is 10.3. The van der Waals surface area contributed by atoms with Crippen LogP contribution >= 0.6 is 11.3 Å². The first kappa shape index (κ1) is 12.4. The zero-order chi connectivity index (χ0) is 14.1. The highest BCUT2D eigenvalue weighted by Crippen LogP contribution is 2.33. The third-order valence-electron chi connectivity index (χ3n) is 2.61. The van der Waals surface area contributed by atoms with Crippen molar-refractivity contribution in [1.29, 1.82) is 0 Å². The van der Waals surface area contributed by atoms with Crippen LogP contribution in [0.15, 0.2) is 28.4 Å². The standard InChI is InChI=1S/C11H11N7OS/c1-19-5-2-3-6-7(4-5)20-11(14-6)18-15-8-9(12)16-17-10(8)13/h2-4H,1H3,(H5,12,13,16,17). The van der Waals surface area contributed by atoms with Gasteiger partial charge in [-0.1, -0.05) is 11.3 Å². The fourth-order valence-electron chi connectivity index (χ4n) is 1.62. The highest BCUT2D eigenvalue weighted by atomic mass is 32.1. The summed E-state index contributed by atoms with van der Waals surface area (Å²) >= 11 is 1.40. The van der Waals surface area contributed by atoms with Crippen LogP contribution in [0.4, 0.5) is 22.5 Å². The first-order chi connectivity index (χ1) is 9.67. The van der Waals surface area contributed by atoms with E-state index < -0.39 is 0 Å². The summed E-state index contributed by atoms with van der Waals surface area (Å²) in [4.78, 5) is 4.34. The van der Waals surface area contributed by atoms with E-state index in [0.717, 1.165) is 16.0 Å². The van der Waals surface area contributed by atoms with Gasteiger partial charge in [-0.3, -0.25) is 5.10 Å². The Labute approximate surface area is 117 Å². The predicted molar refractivity (Wildman–Crippen MR) is 77.8 cm³/mol. The van der Waals surface area contributed by atoms with Crippen LogP contribution in [0.2, 0.25) is 0 Å². The maximum Gasteiger partial charge on any atom is 0.231 e. The number of hydrogen-bond donors (Lipinski definition) is 3. The van der Waals surface area contributed by atoms with E-state index in [4.69, 9.17) is 16.2 Å². The molecule has 0 spiro atoms. The maximum atomic E-state index is 5.63. The molecule has 0 aliphatic heterocycles. The fourth-order valence-corrected chi connectivity index (χ4v) is 2.44. The van der Waals surface area contributed by atoms with Crippen molar-refractivity contribution in [3.05, 3.63) is 18.2 Å². The summed E-state index contributed by atoms with van der Waals surface area (Å²) in [6, 6.07) is 5.60. The summed E-state index contributed by atoms with van der Waals surface area (Å²) in [6.45, 7) is 0. The Hall–Kier alpha value is -2.68. The van der Waals surface area contributed by atoms with Gasteiger partial charge in [0.05, 0.1) is 17.3 Å². The average molecular weight is 289 g/mol. The van der Waals surface area contributed by atoms with Gasteiger partial charge in [-0.25, -0.2) is 4.98 Å². The minimum absolute atomic E-state index is 0.203. The Morgan fingerprint density at radius 1 is 1.30 bits per heavy atom. The molecular formula is C11H11N7OS. The molecule has 20 heavy (non-hydrogen) atoms. The molecule has 0 saturated carbocycles. The molecule has 0 aliphatic rings. The molecule has 0 fully saturated rings. The molecule has 0 unspecified atom stereocenters. The zero-order valence-electron chi connectivity index (χ0n) is 10.5. The van der Waals surface area contributed by atoms with Crippen LogP contribution in [0, 0.1) is 0 Å². The number of hydrogen-bond acceptors (Lipinski definition) is 8. The monoisotopic (exact) mass is 289 g/mol. The first-order valence-electron chi connectivity index (χ1n) is 5.63. The van der Waals surface area contributed by atoms with Gasteiger partial charge in [0, 0.05) is 0 Å². The average Bonchev–Trinajstić information content (AvgIpc) is 2.99. The van der Waals surface area contributed by atoms with Crippen LogP contribution in [-0.2, 0) is 0 Å². The minimum Gasteiger partial charge on any atom is -0.497 e. The van der Waals surface area contributed by atoms with E-state index in [1.807, 2.05) is 18.2 Å². The summed E-state index contributed by atoms with van der Waals surface area (Å²) in [5.74, 6) is 1.25. The number of nitrogens with two attached hydrogens (primary N) is 2. The Bertz CT molecular complexity index is 772. The SMILES string of the molecule is COc1ccc2nc(N=Nc3c(N)n[nH]c3N)sc2c1. The second kappa shape index (κ2) is 4.78. The van der Waals surface area contributed by atoms with Gasteiger partial charge in [-0.2, -0.15) is 5.10 Å². The number of nitrogen functional groups attached to an aromatic ring is 2. The molecule has 3 rings (SSSR count). The molecule has 0 bridgehead atoms. The van der Waals surface area contributed by atoms with Crippen molar-refractivity contribution in [2.24, 2.45) is 10.2 Å². The van der Waals surface area contributed by atoms with Crippen LogP contribution < -0.4 is 16.2 Å². The van der Waals surface area contributed by atoms with Crippen molar-refractivity contribution >= 4 is 44.0 Å². The van der Waals surface area contributed by atoms with Crippen molar-refractivity contribution in [2.75, 3.05) is 18.6 Å². The molecule has 3 aromatic rings. The number of thiazole rings is 1. The van der Waals surface area contributed by atoms with Gasteiger partial charge < -0.3 is 16.2 Å². The molecule has 0 saturated heterocycles. The fraction of sp³-hybridized carbons (Fsp3) is 0.0909. The highest BCUT2D eigenvalue weighted by Gasteiger charge is 2.08. The number of fused-ring (bicyclic) bond motifs is 1. The van der Waals surface area contributed by atoms with E-state index in [1.165, 1.54) is 11.3 Å². The number of anilines is 2. The van der Waals surface area contributed by atoms with E-state index in [2.05, 4.69) is 25.4 Å². The van der Waals surface area contributed by atoms with Gasteiger partial charge >= 0.3 is 0 Å². The lowest BCUT2D eigenvalue weighted by Crippen LogP contribution is -1.84. The first-order valence-corrected chi connectivity index (χ1v) is 6.44. The van der Waals surface area contributed by atoms with E-state index in [1.54, 1.807) is 7.11 Å². The van der Waals surface area contributed by atoms with Crippen molar-refractivity contribution < 1.29 is 4.74 Å². The molecule has 9 heteroatoms. The molecule has 1 aromatic carbocycles. The zero-order valence-corrected chi connectivity index (χ0v) is 11.3. The molecule has 2 aromatic heterocycles. The van der Waals surface area contributed by atoms with Crippen LogP contribution in [0.1, 0.15) is 0 Å². The maximum absolute atomic E-state index is 5.63. The van der Waals surface area contributed by atoms with Crippen LogP contribution in [0.5, 0.6) is 5.75 Å². The van der Waals surface area contributed by atoms with E-state index >= 15 is 0 Å². The number of aromatic nitrogens is 3. The predicted octanol–water partition coefficient (Wildman–Crippen LogP) is 2.61. The number of rotatable bonds is 3. The van der Waals surface area contributed by atoms with Gasteiger partial charge in [0.25, 0.3) is 0 Å². The summed E-state index contributed by atoms with van der Waals surface area (Å²) < 4.78 is 6.13. The minimum atomic E-state index is 0.203. The second-order valence-corrected chi connectivity index (χ2v) is 4.91. The number of ether oxygens (including phenoxy) is 1. The number of methoxy groups -OCH3 is 1. The van der Waals surface area contributed by atoms with Gasteiger partial charge in [-0.05, 0) is 18.2 Å². The van der Waals surface area contributed by atoms with E-state index in [9.17, 15) is 0 Å². The van der Waals surface area contributed by atoms with Crippen molar-refractivity contribution in [2.45, 2.75) is 0 Å². The van der Waals surface area contributed by atoms with Crippen LogP contribution in [0.25, 0.3) is 10.2 Å². The van der Waals surface area contributed by atoms with Gasteiger partial charge in [0.1, 0.15) is 11.6 Å². The lowest BCUT2D eigenvalue weighted by Gasteiger charge is -1.96. The van der Waals surface area contributed by atoms with E-state index in [0.29, 0.717) is 10.8 Å². The molecule has 8 nitrogen and oxygen atoms in total. The molecule has 0 amide bonds. The largest absolute Gasteiger partial charge is 0.497 e. The smallest absolute Gasteiger partial charge is 0.231 e. The number of nitrogens with zero attached hydrogens (tertiary/aromatic N) is 4. The number of H-pyrrole nitrogens is 1. The quantitative estimate of drug-likeness (QED) is 0.638. The van der Waals surface area contributed by atoms with Gasteiger partial charge in [0.2, 0.25) is 5.13 Å². The molecule has 0 aliphatic carbocycles. The van der Waals surface area contributed by atoms with Crippen molar-refractivity contribution in [1.82, 2.24) is 15.2 Å². The molecular weight excluding hydrogens is 278 g/mol. The molecule has 0 radical (unpaired) electrons. The summed E-state index contributed by atoms with van der Waals surface area (Å²) in [5.41, 5.74) is 12.4. The Morgan fingerprint density at radius 3 is 2.85 bits per heavy atom. The van der Waals surface area contributed by atoms with Crippen LogP contribution in [-0.4, -0.2) is 22.3 Å². The number of aromatic amines is 1. The number of azo groups is 1. The summed E-state index contributed by atoms with van der Waals surface area (Å²) in [5, 5.41) is 14.8. The number of nitrogens with one attached hydrogen (secondary N) is 1. The molecule has 2 heterocycles. The van der Waals surface area contributed by atoms with Crippen molar-refractivity contribution in [3.8, 4) is 5.75 Å². The second-order valence-electron chi connectivity index (χ2n) is 3.90.